The van der Waals surface area contributed by atoms with Crippen molar-refractivity contribution < 1.29 is 0 Å². The zero-order valence-electron chi connectivity index (χ0n) is 13.1. The van der Waals surface area contributed by atoms with Crippen molar-refractivity contribution in [3.8, 4) is 0 Å². The third-order valence-corrected chi connectivity index (χ3v) is 3.24. The van der Waals surface area contributed by atoms with E-state index in [1.165, 1.54) is 11.1 Å². The van der Waals surface area contributed by atoms with Gasteiger partial charge in [0.2, 0.25) is 0 Å². The van der Waals surface area contributed by atoms with Crippen molar-refractivity contribution in [2.75, 3.05) is 17.2 Å². The van der Waals surface area contributed by atoms with Crippen LogP contribution in [0.2, 0.25) is 0 Å². The number of rotatable bonds is 7. The molecule has 0 aliphatic rings. The van der Waals surface area contributed by atoms with Crippen molar-refractivity contribution in [2.24, 2.45) is 0 Å². The number of aryl methyl sites for hydroxylation is 2. The molecular weight excluding hydrogens is 260 g/mol. The lowest BCUT2D eigenvalue weighted by Gasteiger charge is -2.10. The minimum atomic E-state index is 0.771. The van der Waals surface area contributed by atoms with E-state index in [0.717, 1.165) is 43.4 Å². The summed E-state index contributed by atoms with van der Waals surface area (Å²) in [6.45, 7) is 8.01. The van der Waals surface area contributed by atoms with Crippen LogP contribution in [-0.4, -0.2) is 16.5 Å². The molecule has 0 radical (unpaired) electrons. The van der Waals surface area contributed by atoms with E-state index in [2.05, 4.69) is 65.6 Å². The second-order valence-corrected chi connectivity index (χ2v) is 5.17. The van der Waals surface area contributed by atoms with Gasteiger partial charge < -0.3 is 10.6 Å². The van der Waals surface area contributed by atoms with Crippen molar-refractivity contribution in [1.29, 1.82) is 0 Å². The third-order valence-electron chi connectivity index (χ3n) is 3.24. The summed E-state index contributed by atoms with van der Waals surface area (Å²) in [5.74, 6) is 2.64. The second-order valence-electron chi connectivity index (χ2n) is 5.17. The topological polar surface area (TPSA) is 49.8 Å². The smallest absolute Gasteiger partial charge is 0.132 e. The number of hydrogen-bond donors (Lipinski definition) is 2. The molecule has 0 spiro atoms. The molecule has 112 valence electrons. The zero-order chi connectivity index (χ0) is 15.1. The van der Waals surface area contributed by atoms with Gasteiger partial charge in [0, 0.05) is 25.6 Å². The number of aromatic nitrogens is 2. The van der Waals surface area contributed by atoms with Gasteiger partial charge in [-0.05, 0) is 18.9 Å². The Morgan fingerprint density at radius 3 is 2.24 bits per heavy atom. The predicted molar refractivity (Wildman–Crippen MR) is 88.7 cm³/mol. The average Bonchev–Trinajstić information content (AvgIpc) is 2.52. The van der Waals surface area contributed by atoms with Crippen LogP contribution in [0, 0.1) is 6.92 Å². The van der Waals surface area contributed by atoms with Gasteiger partial charge in [-0.3, -0.25) is 0 Å². The van der Waals surface area contributed by atoms with E-state index in [-0.39, 0.29) is 0 Å². The highest BCUT2D eigenvalue weighted by atomic mass is 15.1. The van der Waals surface area contributed by atoms with Gasteiger partial charge in [0.1, 0.15) is 17.5 Å². The SMILES string of the molecule is CCCNc1cc(NCc2ccc(C)cc2)nc(CC)n1. The maximum absolute atomic E-state index is 4.53. The van der Waals surface area contributed by atoms with E-state index in [9.17, 15) is 0 Å². The van der Waals surface area contributed by atoms with Gasteiger partial charge in [0.05, 0.1) is 0 Å². The van der Waals surface area contributed by atoms with Gasteiger partial charge in [-0.2, -0.15) is 0 Å². The van der Waals surface area contributed by atoms with Crippen LogP contribution in [0.25, 0.3) is 0 Å². The van der Waals surface area contributed by atoms with Gasteiger partial charge in [-0.15, -0.1) is 0 Å². The van der Waals surface area contributed by atoms with Crippen molar-refractivity contribution in [3.05, 3.63) is 47.3 Å². The van der Waals surface area contributed by atoms with Crippen molar-refractivity contribution in [1.82, 2.24) is 9.97 Å². The minimum absolute atomic E-state index is 0.771. The summed E-state index contributed by atoms with van der Waals surface area (Å²) in [5, 5.41) is 6.70. The molecule has 0 aliphatic carbocycles. The first-order valence-corrected chi connectivity index (χ1v) is 7.62. The van der Waals surface area contributed by atoms with Gasteiger partial charge in [0.25, 0.3) is 0 Å². The predicted octanol–water partition coefficient (Wildman–Crippen LogP) is 3.78. The fraction of sp³-hybridized carbons (Fsp3) is 0.412. The molecule has 1 aromatic carbocycles. The molecule has 0 fully saturated rings. The molecule has 0 saturated carbocycles. The summed E-state index contributed by atoms with van der Waals surface area (Å²) in [6.07, 6.45) is 1.92. The Balaban J connectivity index is 2.05. The molecule has 0 bridgehead atoms. The molecule has 2 N–H and O–H groups in total. The van der Waals surface area contributed by atoms with E-state index in [0.29, 0.717) is 0 Å². The second kappa shape index (κ2) is 7.62. The van der Waals surface area contributed by atoms with Crippen LogP contribution in [0.4, 0.5) is 11.6 Å². The number of benzene rings is 1. The molecule has 4 heteroatoms. The van der Waals surface area contributed by atoms with E-state index in [1.807, 2.05) is 6.07 Å². The monoisotopic (exact) mass is 284 g/mol. The molecule has 21 heavy (non-hydrogen) atoms. The number of hydrogen-bond acceptors (Lipinski definition) is 4. The van der Waals surface area contributed by atoms with E-state index < -0.39 is 0 Å². The number of anilines is 2. The lowest BCUT2D eigenvalue weighted by molar-refractivity contribution is 0.913. The van der Waals surface area contributed by atoms with E-state index in [4.69, 9.17) is 0 Å². The molecule has 2 rings (SSSR count). The Morgan fingerprint density at radius 2 is 1.62 bits per heavy atom. The normalized spacial score (nSPS) is 10.4. The first-order valence-electron chi connectivity index (χ1n) is 7.62. The Morgan fingerprint density at radius 1 is 0.952 bits per heavy atom. The fourth-order valence-corrected chi connectivity index (χ4v) is 1.99. The van der Waals surface area contributed by atoms with Crippen molar-refractivity contribution >= 4 is 11.6 Å². The first kappa shape index (κ1) is 15.3. The molecule has 1 aromatic heterocycles. The minimum Gasteiger partial charge on any atom is -0.370 e. The maximum atomic E-state index is 4.53. The summed E-state index contributed by atoms with van der Waals surface area (Å²) >= 11 is 0. The Kier molecular flexibility index (Phi) is 5.55. The highest BCUT2D eigenvalue weighted by molar-refractivity contribution is 5.48. The summed E-state index contributed by atoms with van der Waals surface area (Å²) in [4.78, 5) is 9.02. The molecule has 0 amide bonds. The number of nitrogens with zero attached hydrogens (tertiary/aromatic N) is 2. The molecular formula is C17H24N4. The summed E-state index contributed by atoms with van der Waals surface area (Å²) in [7, 11) is 0. The van der Waals surface area contributed by atoms with Gasteiger partial charge in [0.15, 0.2) is 0 Å². The molecule has 0 saturated heterocycles. The van der Waals surface area contributed by atoms with Crippen LogP contribution in [0.15, 0.2) is 30.3 Å². The summed E-state index contributed by atoms with van der Waals surface area (Å²) < 4.78 is 0. The first-order chi connectivity index (χ1) is 10.2. The van der Waals surface area contributed by atoms with Gasteiger partial charge >= 0.3 is 0 Å². The molecule has 2 aromatic rings. The van der Waals surface area contributed by atoms with Crippen LogP contribution in [0.3, 0.4) is 0 Å². The van der Waals surface area contributed by atoms with Crippen molar-refractivity contribution in [2.45, 2.75) is 40.2 Å². The van der Waals surface area contributed by atoms with Gasteiger partial charge in [-0.25, -0.2) is 9.97 Å². The fourth-order valence-electron chi connectivity index (χ4n) is 1.99. The third kappa shape index (κ3) is 4.74. The highest BCUT2D eigenvalue weighted by Gasteiger charge is 2.03. The number of nitrogens with one attached hydrogen (secondary N) is 2. The Labute approximate surface area is 127 Å². The lowest BCUT2D eigenvalue weighted by atomic mass is 10.1. The molecule has 0 aliphatic heterocycles. The van der Waals surface area contributed by atoms with Gasteiger partial charge in [-0.1, -0.05) is 43.7 Å². The average molecular weight is 284 g/mol. The maximum Gasteiger partial charge on any atom is 0.132 e. The van der Waals surface area contributed by atoms with Crippen LogP contribution < -0.4 is 10.6 Å². The van der Waals surface area contributed by atoms with Crippen LogP contribution >= 0.6 is 0 Å². The molecule has 0 atom stereocenters. The molecule has 0 unspecified atom stereocenters. The highest BCUT2D eigenvalue weighted by Crippen LogP contribution is 2.13. The molecule has 1 heterocycles. The van der Waals surface area contributed by atoms with Crippen molar-refractivity contribution in [3.63, 3.8) is 0 Å². The zero-order valence-corrected chi connectivity index (χ0v) is 13.1. The standard InChI is InChI=1S/C17H24N4/c1-4-10-18-16-11-17(21-15(5-2)20-16)19-12-14-8-6-13(3)7-9-14/h6-9,11H,4-5,10,12H2,1-3H3,(H2,18,19,20,21). The van der Waals surface area contributed by atoms with E-state index >= 15 is 0 Å². The summed E-state index contributed by atoms with van der Waals surface area (Å²) in [6, 6.07) is 10.5. The van der Waals surface area contributed by atoms with Crippen LogP contribution in [0.1, 0.15) is 37.2 Å². The van der Waals surface area contributed by atoms with E-state index in [1.54, 1.807) is 0 Å². The largest absolute Gasteiger partial charge is 0.370 e. The summed E-state index contributed by atoms with van der Waals surface area (Å²) in [5.41, 5.74) is 2.53. The lowest BCUT2D eigenvalue weighted by Crippen LogP contribution is -2.08. The van der Waals surface area contributed by atoms with Crippen LogP contribution in [-0.2, 0) is 13.0 Å². The molecule has 4 nitrogen and oxygen atoms in total. The Hall–Kier alpha value is -2.10. The quantitative estimate of drug-likeness (QED) is 0.812. The van der Waals surface area contributed by atoms with Crippen LogP contribution in [0.5, 0.6) is 0 Å². The Bertz CT molecular complexity index is 564.